The second kappa shape index (κ2) is 11.8. The predicted octanol–water partition coefficient (Wildman–Crippen LogP) is 5.61. The number of nitrogens with zero attached hydrogens (tertiary/aromatic N) is 6. The first-order chi connectivity index (χ1) is 19.6. The van der Waals surface area contributed by atoms with Crippen LogP contribution in [0.25, 0.3) is 21.8 Å². The Morgan fingerprint density at radius 1 is 0.750 bits per heavy atom. The van der Waals surface area contributed by atoms with Crippen LogP contribution in [0.4, 0.5) is 23.0 Å². The summed E-state index contributed by atoms with van der Waals surface area (Å²) in [7, 11) is 0. The summed E-state index contributed by atoms with van der Waals surface area (Å²) < 4.78 is 5.43. The molecule has 4 heterocycles. The second-order valence-corrected chi connectivity index (χ2v) is 10.7. The zero-order valence-corrected chi connectivity index (χ0v) is 23.2. The Morgan fingerprint density at radius 2 is 1.32 bits per heavy atom. The molecule has 1 fully saturated rings. The van der Waals surface area contributed by atoms with E-state index in [1.54, 1.807) is 18.9 Å². The molecule has 2 aromatic carbocycles. The monoisotopic (exact) mass is 536 g/mol. The highest BCUT2D eigenvalue weighted by Gasteiger charge is 2.19. The maximum atomic E-state index is 5.43. The molecule has 206 valence electrons. The van der Waals surface area contributed by atoms with E-state index in [9.17, 15) is 0 Å². The van der Waals surface area contributed by atoms with E-state index in [4.69, 9.17) is 4.42 Å². The Labute approximate surface area is 234 Å². The standard InChI is InChI=1S/C31H36N8O/c1-22(2)9-11-32-30-26-7-5-23(18-28(26)34-20-36-30)38-13-15-39(16-14-38)24-6-8-27-29(19-24)35-21-37-31(27)33-12-10-25-4-3-17-40-25/h3-8,17-22H,9-16H2,1-2H3,(H,32,34,36)(H,33,35,37). The number of hydrogen-bond acceptors (Lipinski definition) is 9. The number of benzene rings is 2. The fourth-order valence-electron chi connectivity index (χ4n) is 5.23. The van der Waals surface area contributed by atoms with E-state index in [0.29, 0.717) is 5.92 Å². The van der Waals surface area contributed by atoms with Crippen LogP contribution >= 0.6 is 0 Å². The van der Waals surface area contributed by atoms with E-state index < -0.39 is 0 Å². The predicted molar refractivity (Wildman–Crippen MR) is 162 cm³/mol. The molecule has 0 amide bonds. The van der Waals surface area contributed by atoms with E-state index in [1.165, 1.54) is 11.4 Å². The largest absolute Gasteiger partial charge is 0.469 e. The lowest BCUT2D eigenvalue weighted by Gasteiger charge is -2.37. The molecule has 5 aromatic rings. The first kappa shape index (κ1) is 25.9. The summed E-state index contributed by atoms with van der Waals surface area (Å²) in [6.45, 7) is 9.90. The Balaban J connectivity index is 1.09. The van der Waals surface area contributed by atoms with Crippen LogP contribution in [0.3, 0.4) is 0 Å². The topological polar surface area (TPSA) is 95.2 Å². The molecule has 1 saturated heterocycles. The molecule has 9 nitrogen and oxygen atoms in total. The van der Waals surface area contributed by atoms with Crippen LogP contribution in [0.2, 0.25) is 0 Å². The van der Waals surface area contributed by atoms with Crippen molar-refractivity contribution in [3.8, 4) is 0 Å². The number of rotatable bonds is 10. The summed E-state index contributed by atoms with van der Waals surface area (Å²) in [5, 5.41) is 9.02. The van der Waals surface area contributed by atoms with E-state index in [1.807, 2.05) is 12.1 Å². The lowest BCUT2D eigenvalue weighted by atomic mass is 10.1. The molecule has 3 aromatic heterocycles. The molecule has 0 aliphatic carbocycles. The molecule has 9 heteroatoms. The van der Waals surface area contributed by atoms with Crippen molar-refractivity contribution in [2.75, 3.05) is 59.7 Å². The summed E-state index contributed by atoms with van der Waals surface area (Å²) in [6, 6.07) is 16.9. The quantitative estimate of drug-likeness (QED) is 0.236. The number of hydrogen-bond donors (Lipinski definition) is 2. The Kier molecular flexibility index (Phi) is 7.61. The van der Waals surface area contributed by atoms with Crippen molar-refractivity contribution in [3.05, 3.63) is 73.2 Å². The van der Waals surface area contributed by atoms with Gasteiger partial charge < -0.3 is 24.9 Å². The molecule has 40 heavy (non-hydrogen) atoms. The number of fused-ring (bicyclic) bond motifs is 2. The van der Waals surface area contributed by atoms with Gasteiger partial charge in [0.1, 0.15) is 30.1 Å². The Hall–Kier alpha value is -4.40. The fourth-order valence-corrected chi connectivity index (χ4v) is 5.23. The maximum absolute atomic E-state index is 5.43. The van der Waals surface area contributed by atoms with Gasteiger partial charge in [0.05, 0.1) is 17.3 Å². The van der Waals surface area contributed by atoms with Gasteiger partial charge in [-0.2, -0.15) is 0 Å². The minimum atomic E-state index is 0.659. The summed E-state index contributed by atoms with van der Waals surface area (Å²) in [5.41, 5.74) is 4.32. The average Bonchev–Trinajstić information content (AvgIpc) is 3.50. The van der Waals surface area contributed by atoms with E-state index in [-0.39, 0.29) is 0 Å². The van der Waals surface area contributed by atoms with Crippen molar-refractivity contribution in [3.63, 3.8) is 0 Å². The molecule has 0 atom stereocenters. The van der Waals surface area contributed by atoms with Gasteiger partial charge in [0.15, 0.2) is 0 Å². The number of furan rings is 1. The van der Waals surface area contributed by atoms with Gasteiger partial charge in [0, 0.05) is 67.8 Å². The highest BCUT2D eigenvalue weighted by atomic mass is 16.3. The van der Waals surface area contributed by atoms with Crippen LogP contribution in [0, 0.1) is 5.92 Å². The summed E-state index contributed by atoms with van der Waals surface area (Å²) in [4.78, 5) is 22.9. The molecular formula is C31H36N8O. The SMILES string of the molecule is CC(C)CCNc1ncnc2cc(N3CCN(c4ccc5c(NCCc6ccco6)ncnc5c4)CC3)ccc12. The first-order valence-corrected chi connectivity index (χ1v) is 14.1. The van der Waals surface area contributed by atoms with Crippen molar-refractivity contribution in [2.24, 2.45) is 5.92 Å². The molecule has 0 saturated carbocycles. The Morgan fingerprint density at radius 3 is 1.85 bits per heavy atom. The van der Waals surface area contributed by atoms with Crippen LogP contribution in [0.15, 0.2) is 71.9 Å². The summed E-state index contributed by atoms with van der Waals surface area (Å²) in [5.74, 6) is 3.39. The zero-order chi connectivity index (χ0) is 27.3. The molecule has 1 aliphatic rings. The average molecular weight is 537 g/mol. The minimum Gasteiger partial charge on any atom is -0.469 e. The van der Waals surface area contributed by atoms with Crippen LogP contribution in [0.1, 0.15) is 26.0 Å². The molecule has 2 N–H and O–H groups in total. The minimum absolute atomic E-state index is 0.659. The third kappa shape index (κ3) is 5.78. The highest BCUT2D eigenvalue weighted by molar-refractivity contribution is 5.92. The van der Waals surface area contributed by atoms with Gasteiger partial charge in [-0.25, -0.2) is 19.9 Å². The van der Waals surface area contributed by atoms with Gasteiger partial charge >= 0.3 is 0 Å². The third-order valence-electron chi connectivity index (χ3n) is 7.51. The van der Waals surface area contributed by atoms with E-state index >= 15 is 0 Å². The van der Waals surface area contributed by atoms with Crippen molar-refractivity contribution in [2.45, 2.75) is 26.7 Å². The highest BCUT2D eigenvalue weighted by Crippen LogP contribution is 2.28. The van der Waals surface area contributed by atoms with Crippen LogP contribution in [-0.4, -0.2) is 59.2 Å². The van der Waals surface area contributed by atoms with Crippen molar-refractivity contribution in [1.29, 1.82) is 0 Å². The van der Waals surface area contributed by atoms with Crippen molar-refractivity contribution in [1.82, 2.24) is 19.9 Å². The van der Waals surface area contributed by atoms with Gasteiger partial charge in [-0.05, 0) is 60.9 Å². The number of piperazine rings is 1. The van der Waals surface area contributed by atoms with E-state index in [0.717, 1.165) is 91.3 Å². The first-order valence-electron chi connectivity index (χ1n) is 14.1. The normalized spacial score (nSPS) is 13.9. The smallest absolute Gasteiger partial charge is 0.137 e. The molecule has 0 bridgehead atoms. The lowest BCUT2D eigenvalue weighted by molar-refractivity contribution is 0.513. The number of anilines is 4. The molecule has 0 radical (unpaired) electrons. The number of nitrogens with one attached hydrogen (secondary N) is 2. The molecule has 1 aliphatic heterocycles. The van der Waals surface area contributed by atoms with Gasteiger partial charge in [0.2, 0.25) is 0 Å². The van der Waals surface area contributed by atoms with Gasteiger partial charge in [-0.15, -0.1) is 0 Å². The van der Waals surface area contributed by atoms with Crippen LogP contribution in [0.5, 0.6) is 0 Å². The molecular weight excluding hydrogens is 500 g/mol. The number of aromatic nitrogens is 4. The summed E-state index contributed by atoms with van der Waals surface area (Å²) in [6.07, 6.45) is 6.92. The lowest BCUT2D eigenvalue weighted by Crippen LogP contribution is -2.46. The second-order valence-electron chi connectivity index (χ2n) is 10.7. The Bertz CT molecular complexity index is 1560. The van der Waals surface area contributed by atoms with Crippen molar-refractivity contribution < 1.29 is 4.42 Å². The molecule has 6 rings (SSSR count). The molecule has 0 unspecified atom stereocenters. The summed E-state index contributed by atoms with van der Waals surface area (Å²) >= 11 is 0. The van der Waals surface area contributed by atoms with Gasteiger partial charge in [-0.1, -0.05) is 13.8 Å². The third-order valence-corrected chi connectivity index (χ3v) is 7.51. The van der Waals surface area contributed by atoms with Crippen LogP contribution < -0.4 is 20.4 Å². The molecule has 0 spiro atoms. The van der Waals surface area contributed by atoms with Crippen LogP contribution in [-0.2, 0) is 6.42 Å². The fraction of sp³-hybridized carbons (Fsp3) is 0.355. The zero-order valence-electron chi connectivity index (χ0n) is 23.2. The van der Waals surface area contributed by atoms with Gasteiger partial charge in [-0.3, -0.25) is 0 Å². The van der Waals surface area contributed by atoms with Gasteiger partial charge in [0.25, 0.3) is 0 Å². The van der Waals surface area contributed by atoms with E-state index in [2.05, 4.69) is 90.6 Å². The maximum Gasteiger partial charge on any atom is 0.137 e. The van der Waals surface area contributed by atoms with Crippen molar-refractivity contribution >= 4 is 44.8 Å².